The molecule has 13 heteroatoms. The van der Waals surface area contributed by atoms with Crippen LogP contribution in [0.4, 0.5) is 4.79 Å². The Morgan fingerprint density at radius 3 is 2.04 bits per heavy atom. The number of piperidine rings is 1. The zero-order valence-electron chi connectivity index (χ0n) is 29.5. The van der Waals surface area contributed by atoms with Crippen LogP contribution in [0.5, 0.6) is 0 Å². The van der Waals surface area contributed by atoms with Gasteiger partial charge in [-0.3, -0.25) is 19.2 Å². The molecule has 1 saturated heterocycles. The van der Waals surface area contributed by atoms with Gasteiger partial charge >= 0.3 is 6.03 Å². The molecule has 48 heavy (non-hydrogen) atoms. The number of Topliss-reactive ketones (excluding diaryl/α,β-unsaturated/α-hetero) is 1. The summed E-state index contributed by atoms with van der Waals surface area (Å²) in [5.41, 5.74) is 3.67. The summed E-state index contributed by atoms with van der Waals surface area (Å²) in [7, 11) is -3.75. The molecule has 0 bridgehead atoms. The van der Waals surface area contributed by atoms with Crippen molar-refractivity contribution in [1.82, 2.24) is 20.9 Å². The second kappa shape index (κ2) is 13.4. The minimum atomic E-state index is -3.75. The minimum absolute atomic E-state index is 0.0389. The van der Waals surface area contributed by atoms with Gasteiger partial charge in [-0.15, -0.1) is 0 Å². The van der Waals surface area contributed by atoms with E-state index in [-0.39, 0.29) is 33.8 Å². The fourth-order valence-corrected chi connectivity index (χ4v) is 8.92. The van der Waals surface area contributed by atoms with Crippen molar-refractivity contribution < 1.29 is 32.4 Å². The molecule has 1 aromatic carbocycles. The number of fused-ring (bicyclic) bond motifs is 1. The van der Waals surface area contributed by atoms with Gasteiger partial charge in [0, 0.05) is 12.6 Å². The van der Waals surface area contributed by atoms with E-state index in [1.54, 1.807) is 39.0 Å². The van der Waals surface area contributed by atoms with Crippen LogP contribution in [0.3, 0.4) is 0 Å². The van der Waals surface area contributed by atoms with E-state index in [0.29, 0.717) is 13.0 Å². The van der Waals surface area contributed by atoms with Crippen LogP contribution in [-0.4, -0.2) is 79.3 Å². The Balaban J connectivity index is 1.54. The Bertz CT molecular complexity index is 1530. The average Bonchev–Trinajstić information content (AvgIpc) is 3.26. The first kappa shape index (κ1) is 37.3. The number of sulfone groups is 1. The second-order valence-corrected chi connectivity index (χ2v) is 18.7. The Kier molecular flexibility index (Phi) is 10.5. The summed E-state index contributed by atoms with van der Waals surface area (Å²) in [5, 5.41) is 8.39. The lowest BCUT2D eigenvalue weighted by molar-refractivity contribution is -0.145. The molecule has 5 amide bonds. The predicted molar refractivity (Wildman–Crippen MR) is 181 cm³/mol. The molecule has 1 aromatic rings. The number of primary amides is 1. The third kappa shape index (κ3) is 8.03. The summed E-state index contributed by atoms with van der Waals surface area (Å²) >= 11 is 0. The molecule has 266 valence electrons. The van der Waals surface area contributed by atoms with E-state index in [4.69, 9.17) is 5.73 Å². The molecule has 5 unspecified atom stereocenters. The fourth-order valence-electron chi connectivity index (χ4n) is 7.13. The summed E-state index contributed by atoms with van der Waals surface area (Å²) in [5.74, 6) is -3.21. The molecular weight excluding hydrogens is 634 g/mol. The van der Waals surface area contributed by atoms with Crippen molar-refractivity contribution in [1.29, 1.82) is 0 Å². The van der Waals surface area contributed by atoms with Gasteiger partial charge in [0.15, 0.2) is 9.84 Å². The van der Waals surface area contributed by atoms with E-state index < -0.39 is 74.4 Å². The monoisotopic (exact) mass is 687 g/mol. The van der Waals surface area contributed by atoms with Crippen molar-refractivity contribution in [3.05, 3.63) is 30.3 Å². The molecular formula is C35H53N5O7S. The second-order valence-electron chi connectivity index (χ2n) is 16.6. The highest BCUT2D eigenvalue weighted by Crippen LogP contribution is 2.65. The smallest absolute Gasteiger partial charge is 0.315 e. The summed E-state index contributed by atoms with van der Waals surface area (Å²) in [4.78, 5) is 68.1. The number of benzene rings is 1. The number of hydrogen-bond acceptors (Lipinski definition) is 7. The lowest BCUT2D eigenvalue weighted by Crippen LogP contribution is -2.62. The molecule has 2 aliphatic carbocycles. The topological polar surface area (TPSA) is 185 Å². The molecule has 6 atom stereocenters. The highest BCUT2D eigenvalue weighted by molar-refractivity contribution is 7.91. The first-order valence-corrected chi connectivity index (χ1v) is 18.5. The van der Waals surface area contributed by atoms with Crippen LogP contribution in [0.2, 0.25) is 0 Å². The van der Waals surface area contributed by atoms with E-state index >= 15 is 0 Å². The van der Waals surface area contributed by atoms with E-state index in [2.05, 4.69) is 16.0 Å². The number of nitrogens with one attached hydrogen (secondary N) is 3. The fraction of sp³-hybridized carbons (Fsp3) is 0.686. The van der Waals surface area contributed by atoms with Crippen LogP contribution in [0.1, 0.15) is 81.1 Å². The van der Waals surface area contributed by atoms with Crippen LogP contribution in [0.25, 0.3) is 0 Å². The number of rotatable bonds is 12. The molecule has 3 aliphatic rings. The largest absolute Gasteiger partial charge is 0.363 e. The summed E-state index contributed by atoms with van der Waals surface area (Å²) in [6.07, 6.45) is 3.14. The maximum absolute atomic E-state index is 14.3. The molecule has 0 aromatic heterocycles. The number of carbonyl (C=O) groups excluding carboxylic acids is 5. The summed E-state index contributed by atoms with van der Waals surface area (Å²) < 4.78 is 26.5. The predicted octanol–water partition coefficient (Wildman–Crippen LogP) is 2.80. The number of ketones is 1. The van der Waals surface area contributed by atoms with E-state index in [9.17, 15) is 32.4 Å². The van der Waals surface area contributed by atoms with Crippen molar-refractivity contribution >= 4 is 39.4 Å². The molecule has 12 nitrogen and oxygen atoms in total. The molecule has 5 N–H and O–H groups in total. The SMILES string of the molecule is CC(C)(C)C(CS(=O)(=O)c1ccccc1)NC(=O)N[C@H](C(=O)N1CC2C(C1C(=O)NC(CC1CCC1)C(=O)C(N)=O)C2(C)C)C(C)(C)C. The Hall–Kier alpha value is -3.48. The van der Waals surface area contributed by atoms with Gasteiger partial charge in [-0.2, -0.15) is 0 Å². The number of nitrogens with zero attached hydrogens (tertiary/aromatic N) is 1. The van der Waals surface area contributed by atoms with E-state index in [1.165, 1.54) is 17.0 Å². The standard InChI is InChI=1S/C35H53N5O7S/c1-33(2,3)24(19-48(46,47)21-15-10-9-11-16-21)38-32(45)39-28(34(4,5)6)31(44)40-18-22-25(35(22,7)8)26(40)30(43)37-23(27(41)29(36)42)17-20-13-12-14-20/h9-11,15-16,20,22-26,28H,12-14,17-19H2,1-8H3,(H2,36,42)(H,37,43)(H2,38,39,45)/t22?,23?,24?,25?,26?,28-/m1/s1. The average molecular weight is 688 g/mol. The summed E-state index contributed by atoms with van der Waals surface area (Å²) in [6, 6.07) is 3.48. The number of hydrogen-bond donors (Lipinski definition) is 4. The van der Waals surface area contributed by atoms with Crippen molar-refractivity contribution in [3.63, 3.8) is 0 Å². The molecule has 0 radical (unpaired) electrons. The van der Waals surface area contributed by atoms with Gasteiger partial charge in [-0.05, 0) is 52.6 Å². The first-order valence-electron chi connectivity index (χ1n) is 16.8. The van der Waals surface area contributed by atoms with Gasteiger partial charge in [0.1, 0.15) is 12.1 Å². The number of carbonyl (C=O) groups is 5. The third-order valence-corrected chi connectivity index (χ3v) is 12.4. The van der Waals surface area contributed by atoms with Gasteiger partial charge in [-0.25, -0.2) is 13.2 Å². The number of nitrogens with two attached hydrogens (primary N) is 1. The normalized spacial score (nSPS) is 23.9. The number of urea groups is 1. The van der Waals surface area contributed by atoms with Crippen LogP contribution >= 0.6 is 0 Å². The van der Waals surface area contributed by atoms with Crippen molar-refractivity contribution in [2.75, 3.05) is 12.3 Å². The molecule has 4 rings (SSSR count). The molecule has 1 aliphatic heterocycles. The number of amides is 5. The summed E-state index contributed by atoms with van der Waals surface area (Å²) in [6.45, 7) is 15.2. The Morgan fingerprint density at radius 2 is 1.54 bits per heavy atom. The lowest BCUT2D eigenvalue weighted by atomic mass is 9.80. The van der Waals surface area contributed by atoms with Crippen molar-refractivity contribution in [2.45, 2.75) is 110 Å². The maximum atomic E-state index is 14.3. The highest BCUT2D eigenvalue weighted by atomic mass is 32.2. The number of likely N-dealkylation sites (tertiary alicyclic amines) is 1. The Morgan fingerprint density at radius 1 is 0.938 bits per heavy atom. The molecule has 1 heterocycles. The quantitative estimate of drug-likeness (QED) is 0.244. The van der Waals surface area contributed by atoms with Crippen LogP contribution in [0, 0.1) is 34.0 Å². The lowest BCUT2D eigenvalue weighted by Gasteiger charge is -2.39. The van der Waals surface area contributed by atoms with E-state index in [0.717, 1.165) is 19.3 Å². The highest BCUT2D eigenvalue weighted by Gasteiger charge is 2.70. The van der Waals surface area contributed by atoms with E-state index in [1.807, 2.05) is 34.6 Å². The first-order chi connectivity index (χ1) is 22.1. The molecule has 3 fully saturated rings. The van der Waals surface area contributed by atoms with Gasteiger partial charge in [0.2, 0.25) is 17.6 Å². The zero-order valence-corrected chi connectivity index (χ0v) is 30.3. The minimum Gasteiger partial charge on any atom is -0.363 e. The Labute approximate surface area is 284 Å². The molecule has 2 saturated carbocycles. The van der Waals surface area contributed by atoms with Crippen LogP contribution in [-0.2, 0) is 29.0 Å². The third-order valence-electron chi connectivity index (χ3n) is 10.7. The van der Waals surface area contributed by atoms with Crippen LogP contribution in [0.15, 0.2) is 35.2 Å². The van der Waals surface area contributed by atoms with Gasteiger partial charge < -0.3 is 26.6 Å². The maximum Gasteiger partial charge on any atom is 0.315 e. The zero-order chi connectivity index (χ0) is 36.0. The van der Waals surface area contributed by atoms with Gasteiger partial charge in [0.05, 0.1) is 16.7 Å². The van der Waals surface area contributed by atoms with Gasteiger partial charge in [0.25, 0.3) is 5.91 Å². The van der Waals surface area contributed by atoms with Crippen molar-refractivity contribution in [2.24, 2.45) is 39.7 Å². The van der Waals surface area contributed by atoms with Crippen molar-refractivity contribution in [3.8, 4) is 0 Å². The molecule has 0 spiro atoms. The van der Waals surface area contributed by atoms with Crippen LogP contribution < -0.4 is 21.7 Å². The van der Waals surface area contributed by atoms with Gasteiger partial charge in [-0.1, -0.05) is 92.9 Å².